The fourth-order valence-electron chi connectivity index (χ4n) is 21.7. The first-order chi connectivity index (χ1) is 55.0. The summed E-state index contributed by atoms with van der Waals surface area (Å²) in [4.78, 5) is 25.8. The monoisotopic (exact) mass is 1690 g/mol. The van der Waals surface area contributed by atoms with Crippen molar-refractivity contribution in [2.45, 2.75) is 352 Å². The lowest BCUT2D eigenvalue weighted by Crippen LogP contribution is -2.69. The molecule has 0 aromatic carbocycles. The molecule has 0 unspecified atom stereocenters. The number of fused-ring (bicyclic) bond motifs is 7. The number of hydrogen-bond acceptors (Lipinski definition) is 41. The average molecular weight is 1700 g/mol. The van der Waals surface area contributed by atoms with Crippen molar-refractivity contribution < 1.29 is 208 Å². The Morgan fingerprint density at radius 3 is 1.48 bits per heavy atom. The Labute approximate surface area is 672 Å². The lowest BCUT2D eigenvalue weighted by molar-refractivity contribution is -0.488. The highest BCUT2D eigenvalue weighted by molar-refractivity contribution is 5.77. The molecule has 8 aliphatic heterocycles. The summed E-state index contributed by atoms with van der Waals surface area (Å²) in [6.45, 7) is 9.28. The number of hydrogen-bond donors (Lipinski definition) is 24. The van der Waals surface area contributed by atoms with E-state index >= 15 is 0 Å². The quantitative estimate of drug-likeness (QED) is 0.0207. The molecule has 117 heavy (non-hydrogen) atoms. The first kappa shape index (κ1) is 92.3. The third-order valence-corrected chi connectivity index (χ3v) is 28.8. The molecule has 4 saturated carbocycles. The first-order valence-corrected chi connectivity index (χ1v) is 40.3. The molecule has 42 heteroatoms. The summed E-state index contributed by atoms with van der Waals surface area (Å²) in [6, 6.07) is 0. The van der Waals surface area contributed by atoms with Crippen LogP contribution in [-0.2, 0) is 85.6 Å². The number of allylic oxidation sites excluding steroid dienone is 2. The molecule has 0 spiro atoms. The number of carboxylic acid groups (broad SMARTS) is 1. The van der Waals surface area contributed by atoms with Gasteiger partial charge >= 0.3 is 5.97 Å². The fourth-order valence-corrected chi connectivity index (χ4v) is 21.7. The van der Waals surface area contributed by atoms with Crippen molar-refractivity contribution >= 4 is 5.97 Å². The fraction of sp³-hybridized carbons (Fsp3) is 0.960. The van der Waals surface area contributed by atoms with E-state index in [-0.39, 0.29) is 30.6 Å². The summed E-state index contributed by atoms with van der Waals surface area (Å²) < 4.78 is 91.0. The van der Waals surface area contributed by atoms with Crippen LogP contribution in [0.2, 0.25) is 0 Å². The normalized spacial score (nSPS) is 54.6. The van der Waals surface area contributed by atoms with E-state index < -0.39 is 330 Å². The van der Waals surface area contributed by atoms with Gasteiger partial charge in [0.25, 0.3) is 0 Å². The van der Waals surface area contributed by atoms with E-state index in [0.29, 0.717) is 38.5 Å². The Bertz CT molecular complexity index is 3350. The molecule has 0 bridgehead atoms. The smallest absolute Gasteiger partial charge is 0.310 e. The SMILES string of the molecule is C[C@@H]1O[C@@H](O[C@H]2[C@H](O[C@@H]3[C@@H](O)[C@H](O[C@H]4[C@H](OO[C@H]5[C@H](O[C@H]6[C@H](O)C[C@]7(C)[C@H]8CC=C9[C@@H]%10CC(C)(C)[C@@H](O)C[C@]%10(C(=O)O)CC[C@@]9(C)[C@]8(C)CC[C@H]7C6(C)C)O[C@H](CO)[C@@H](O[C@@H]6OC[C@@H](O)[C@H](O)[C@H]6O)[C@@H]5O)O[C@H](CO)[C@@H](O[C@@H]5O[C@H](CO)[C@@H](O)[C@H](O)[C@H]5O)[C@@H]4O)OC[C@H]3O[C@@H]3OC[C@H](O)[C@H](O)[C@H]3O)O[C@H](CO)[C@@H](O)[C@@H]2O)[C@H](O)[C@H](O)[C@H]1O. The number of carbonyl (C=O) groups is 1. The van der Waals surface area contributed by atoms with Gasteiger partial charge in [0.2, 0.25) is 6.29 Å². The lowest BCUT2D eigenvalue weighted by Gasteiger charge is -2.71. The van der Waals surface area contributed by atoms with Crippen LogP contribution in [0.15, 0.2) is 11.6 Å². The van der Waals surface area contributed by atoms with Crippen molar-refractivity contribution in [2.24, 2.45) is 50.2 Å². The minimum absolute atomic E-state index is 0.107. The van der Waals surface area contributed by atoms with Gasteiger partial charge < -0.3 is 194 Å². The zero-order valence-corrected chi connectivity index (χ0v) is 66.1. The minimum Gasteiger partial charge on any atom is -0.481 e. The maximum atomic E-state index is 13.5. The third kappa shape index (κ3) is 16.4. The van der Waals surface area contributed by atoms with Crippen molar-refractivity contribution in [3.8, 4) is 0 Å². The molecule has 13 rings (SSSR count). The Hall–Kier alpha value is -2.39. The van der Waals surface area contributed by atoms with Gasteiger partial charge in [-0.25, -0.2) is 9.78 Å². The second-order valence-electron chi connectivity index (χ2n) is 36.4. The van der Waals surface area contributed by atoms with E-state index in [1.54, 1.807) is 0 Å². The van der Waals surface area contributed by atoms with E-state index in [1.165, 1.54) is 6.92 Å². The summed E-state index contributed by atoms with van der Waals surface area (Å²) in [5.41, 5.74) is -3.37. The van der Waals surface area contributed by atoms with Crippen LogP contribution in [0.3, 0.4) is 0 Å². The molecule has 674 valence electrons. The molecule has 47 atom stereocenters. The number of aliphatic carboxylic acids is 1. The van der Waals surface area contributed by atoms with Gasteiger partial charge in [0, 0.05) is 0 Å². The van der Waals surface area contributed by atoms with Gasteiger partial charge in [-0.1, -0.05) is 60.1 Å². The highest BCUT2D eigenvalue weighted by Gasteiger charge is 2.72. The topological polar surface area (TPSA) is 660 Å². The highest BCUT2D eigenvalue weighted by Crippen LogP contribution is 2.76. The summed E-state index contributed by atoms with van der Waals surface area (Å²) in [6.07, 6.45) is -71.8. The van der Waals surface area contributed by atoms with Gasteiger partial charge in [-0.15, -0.1) is 0 Å². The summed E-state index contributed by atoms with van der Waals surface area (Å²) in [5, 5.41) is 270. The van der Waals surface area contributed by atoms with E-state index in [4.69, 9.17) is 80.8 Å². The van der Waals surface area contributed by atoms with Crippen LogP contribution in [0, 0.1) is 50.2 Å². The Kier molecular flexibility index (Phi) is 28.0. The Balaban J connectivity index is 0.831. The molecule has 8 saturated heterocycles. The van der Waals surface area contributed by atoms with Crippen LogP contribution < -0.4 is 0 Å². The van der Waals surface area contributed by atoms with Crippen LogP contribution in [-0.4, -0.2) is 420 Å². The van der Waals surface area contributed by atoms with Gasteiger partial charge in [-0.3, -0.25) is 4.79 Å². The molecule has 24 N–H and O–H groups in total. The van der Waals surface area contributed by atoms with Crippen molar-refractivity contribution in [3.63, 3.8) is 0 Å². The van der Waals surface area contributed by atoms with E-state index in [1.807, 2.05) is 27.7 Å². The predicted octanol–water partition coefficient (Wildman–Crippen LogP) is -9.35. The second kappa shape index (κ2) is 35.4. The standard InChI is InChI=1S/C75H122O42/c1-25-39(84)44(89)49(94)64(104-25)114-57-46(91)43(88)32(19-77)106-66(57)112-56-35(109-61-47(92)40(85)29(81)22-101-61)24-103-63(53(56)98)113-58-51(96)54(111-65-50(95)45(90)42(87)31(18-76)105-65)34(21-79)108-68(58)117-116-59-52(97)55(110-62-48(93)41(86)30(82)23-102-62)33(20-78)107-67(59)115-60-28(80)16-72(6)36(71(60,4)5)11-12-74(8)37(72)10-9-26-27-15-70(2,3)38(83)17-75(27,69(99)100)14-13-73(26,74)7/h9,25,27-68,76-98H,10-24H2,1-8H3,(H,99,100)/t25-,27-,28+,29-,30+,31+,32+,33+,34+,35+,36-,37+,38-,39-,40-,41-,42+,43+,44+,45-,46-,47+,48+,49+,50+,51-,52-,53+,54+,55+,56-,57+,58+,59+,60-,61-,62-,63-,64-,65-,66-,67-,68-,72-,73+,74+,75+/m0/s1. The second-order valence-corrected chi connectivity index (χ2v) is 36.4. The predicted molar refractivity (Wildman–Crippen MR) is 378 cm³/mol. The molecule has 0 radical (unpaired) electrons. The van der Waals surface area contributed by atoms with Crippen molar-refractivity contribution in [1.29, 1.82) is 0 Å². The summed E-state index contributed by atoms with van der Waals surface area (Å²) in [7, 11) is 0. The zero-order chi connectivity index (χ0) is 85.3. The van der Waals surface area contributed by atoms with Gasteiger partial charge in [0.1, 0.15) is 165 Å². The van der Waals surface area contributed by atoms with Crippen LogP contribution in [0.1, 0.15) is 107 Å². The van der Waals surface area contributed by atoms with E-state index in [0.717, 1.165) is 5.57 Å². The Morgan fingerprint density at radius 1 is 0.410 bits per heavy atom. The first-order valence-electron chi connectivity index (χ1n) is 40.3. The third-order valence-electron chi connectivity index (χ3n) is 28.8. The molecule has 13 aliphatic rings. The largest absolute Gasteiger partial charge is 0.481 e. The molecule has 42 nitrogen and oxygen atoms in total. The van der Waals surface area contributed by atoms with Crippen molar-refractivity contribution in [1.82, 2.24) is 0 Å². The van der Waals surface area contributed by atoms with Crippen molar-refractivity contribution in [3.05, 3.63) is 11.6 Å². The van der Waals surface area contributed by atoms with Gasteiger partial charge in [-0.2, -0.15) is 0 Å². The summed E-state index contributed by atoms with van der Waals surface area (Å²) >= 11 is 0. The summed E-state index contributed by atoms with van der Waals surface area (Å²) in [5.74, 6) is -1.67. The van der Waals surface area contributed by atoms with E-state index in [2.05, 4.69) is 26.8 Å². The Morgan fingerprint density at radius 2 is 0.880 bits per heavy atom. The molecule has 0 amide bonds. The number of rotatable bonds is 22. The maximum Gasteiger partial charge on any atom is 0.310 e. The van der Waals surface area contributed by atoms with Gasteiger partial charge in [-0.05, 0) is 103 Å². The van der Waals surface area contributed by atoms with Crippen LogP contribution >= 0.6 is 0 Å². The molecule has 12 fully saturated rings. The maximum absolute atomic E-state index is 13.5. The number of ether oxygens (including phenoxy) is 15. The molecule has 0 aromatic heterocycles. The van der Waals surface area contributed by atoms with E-state index in [9.17, 15) is 127 Å². The number of aliphatic hydroxyl groups is 23. The minimum atomic E-state index is -2.44. The van der Waals surface area contributed by atoms with Crippen LogP contribution in [0.5, 0.6) is 0 Å². The number of carboxylic acids is 1. The van der Waals surface area contributed by atoms with Crippen LogP contribution in [0.25, 0.3) is 0 Å². The molecular weight excluding hydrogens is 1570 g/mol. The van der Waals surface area contributed by atoms with Crippen LogP contribution in [0.4, 0.5) is 0 Å². The lowest BCUT2D eigenvalue weighted by atomic mass is 9.33. The molecule has 5 aliphatic carbocycles. The highest BCUT2D eigenvalue weighted by atomic mass is 17.2. The zero-order valence-electron chi connectivity index (χ0n) is 66.1. The average Bonchev–Trinajstić information content (AvgIpc) is 0.671. The van der Waals surface area contributed by atoms with Gasteiger partial charge in [0.15, 0.2) is 50.1 Å². The number of aliphatic hydroxyl groups excluding tert-OH is 23. The van der Waals surface area contributed by atoms with Crippen molar-refractivity contribution in [2.75, 3.05) is 46.2 Å². The molecular formula is C75H122O42. The van der Waals surface area contributed by atoms with Gasteiger partial charge in [0.05, 0.1) is 76.1 Å². The molecule has 8 heterocycles. The molecule has 0 aromatic rings.